The average molecular weight is 457 g/mol. The molecule has 0 fully saturated rings. The van der Waals surface area contributed by atoms with Crippen LogP contribution < -0.4 is 4.74 Å². The number of hydrogen-bond donors (Lipinski definition) is 0. The van der Waals surface area contributed by atoms with Crippen LogP contribution in [0.4, 0.5) is 0 Å². The molecule has 1 atom stereocenters. The Morgan fingerprint density at radius 2 is 1.71 bits per heavy atom. The first-order valence-corrected chi connectivity index (χ1v) is 12.9. The molecule has 1 aliphatic rings. The lowest BCUT2D eigenvalue weighted by Gasteiger charge is -2.38. The largest absolute Gasteiger partial charge is 0.496 e. The fraction of sp³-hybridized carbons (Fsp3) is 0.452. The van der Waals surface area contributed by atoms with Gasteiger partial charge in [-0.2, -0.15) is 0 Å². The molecular formula is C31H40N2O. The highest BCUT2D eigenvalue weighted by Gasteiger charge is 2.29. The summed E-state index contributed by atoms with van der Waals surface area (Å²) in [6, 6.07) is 16.1. The van der Waals surface area contributed by atoms with Gasteiger partial charge in [-0.25, -0.2) is 0 Å². The van der Waals surface area contributed by atoms with Gasteiger partial charge in [-0.05, 0) is 60.8 Å². The summed E-state index contributed by atoms with van der Waals surface area (Å²) in [5.74, 6) is 1.63. The molecule has 0 bridgehead atoms. The molecule has 0 saturated heterocycles. The number of ether oxygens (including phenoxy) is 1. The Bertz CT molecular complexity index is 1110. The maximum Gasteiger partial charge on any atom is 0.129 e. The Labute approximate surface area is 206 Å². The molecule has 3 heteroatoms. The molecule has 0 spiro atoms. The normalized spacial score (nSPS) is 16.0. The van der Waals surface area contributed by atoms with E-state index in [1.165, 1.54) is 33.4 Å². The van der Waals surface area contributed by atoms with Crippen molar-refractivity contribution in [2.75, 3.05) is 13.7 Å². The Balaban J connectivity index is 1.72. The quantitative estimate of drug-likeness (QED) is 0.355. The van der Waals surface area contributed by atoms with Gasteiger partial charge in [-0.3, -0.25) is 9.88 Å². The maximum absolute atomic E-state index is 6.05. The number of rotatable bonds is 8. The number of fused-ring (bicyclic) bond motifs is 1. The summed E-state index contributed by atoms with van der Waals surface area (Å²) in [4.78, 5) is 7.70. The molecule has 0 radical (unpaired) electrons. The van der Waals surface area contributed by atoms with Crippen LogP contribution in [0.3, 0.4) is 0 Å². The summed E-state index contributed by atoms with van der Waals surface area (Å²) in [5, 5.41) is 0. The van der Waals surface area contributed by atoms with E-state index >= 15 is 0 Å². The molecule has 1 aliphatic heterocycles. The van der Waals surface area contributed by atoms with E-state index in [9.17, 15) is 0 Å². The van der Waals surface area contributed by atoms with Gasteiger partial charge in [-0.15, -0.1) is 0 Å². The Kier molecular flexibility index (Phi) is 7.73. The molecule has 4 rings (SSSR count). The van der Waals surface area contributed by atoms with Crippen molar-refractivity contribution >= 4 is 0 Å². The molecule has 0 amide bonds. The van der Waals surface area contributed by atoms with Crippen molar-refractivity contribution in [2.45, 2.75) is 72.9 Å². The fourth-order valence-corrected chi connectivity index (χ4v) is 5.68. The monoisotopic (exact) mass is 456 g/mol. The van der Waals surface area contributed by atoms with E-state index in [2.05, 4.69) is 88.2 Å². The lowest BCUT2D eigenvalue weighted by atomic mass is 9.87. The summed E-state index contributed by atoms with van der Waals surface area (Å²) in [6.45, 7) is 13.2. The summed E-state index contributed by atoms with van der Waals surface area (Å²) in [5.41, 5.74) is 10.4. The molecule has 2 heterocycles. The Hall–Kier alpha value is -2.65. The van der Waals surface area contributed by atoms with Crippen LogP contribution in [0.1, 0.15) is 73.5 Å². The van der Waals surface area contributed by atoms with Gasteiger partial charge >= 0.3 is 0 Å². The molecule has 0 saturated carbocycles. The molecule has 180 valence electrons. The average Bonchev–Trinajstić information content (AvgIpc) is 2.85. The number of hydrogen-bond acceptors (Lipinski definition) is 3. The van der Waals surface area contributed by atoms with E-state index in [-0.39, 0.29) is 0 Å². The molecule has 34 heavy (non-hydrogen) atoms. The van der Waals surface area contributed by atoms with Crippen LogP contribution in [0.2, 0.25) is 0 Å². The van der Waals surface area contributed by atoms with Crippen LogP contribution in [0.25, 0.3) is 11.3 Å². The smallest absolute Gasteiger partial charge is 0.129 e. The third-order valence-electron chi connectivity index (χ3n) is 7.37. The van der Waals surface area contributed by atoms with E-state index in [0.29, 0.717) is 12.0 Å². The van der Waals surface area contributed by atoms with Crippen LogP contribution in [0.15, 0.2) is 48.7 Å². The molecular weight excluding hydrogens is 416 g/mol. The summed E-state index contributed by atoms with van der Waals surface area (Å²) >= 11 is 0. The second-order valence-electron chi connectivity index (χ2n) is 10.0. The third-order valence-corrected chi connectivity index (χ3v) is 7.37. The zero-order valence-electron chi connectivity index (χ0n) is 21.8. The number of nitrogens with zero attached hydrogens (tertiary/aromatic N) is 2. The Morgan fingerprint density at radius 3 is 2.35 bits per heavy atom. The highest BCUT2D eigenvalue weighted by atomic mass is 16.5. The van der Waals surface area contributed by atoms with Crippen LogP contribution in [0, 0.1) is 12.8 Å². The third kappa shape index (κ3) is 4.77. The first-order chi connectivity index (χ1) is 16.5. The lowest BCUT2D eigenvalue weighted by molar-refractivity contribution is 0.152. The van der Waals surface area contributed by atoms with Crippen molar-refractivity contribution in [3.63, 3.8) is 0 Å². The first kappa shape index (κ1) is 24.5. The number of aryl methyl sites for hydroxylation is 2. The van der Waals surface area contributed by atoms with Gasteiger partial charge < -0.3 is 4.74 Å². The van der Waals surface area contributed by atoms with E-state index < -0.39 is 0 Å². The summed E-state index contributed by atoms with van der Waals surface area (Å²) < 4.78 is 6.05. The first-order valence-electron chi connectivity index (χ1n) is 12.9. The zero-order chi connectivity index (χ0) is 24.2. The maximum atomic E-state index is 6.05. The molecule has 2 aromatic carbocycles. The van der Waals surface area contributed by atoms with Gasteiger partial charge in [0.2, 0.25) is 0 Å². The zero-order valence-corrected chi connectivity index (χ0v) is 21.8. The number of benzene rings is 2. The second kappa shape index (κ2) is 10.7. The minimum absolute atomic E-state index is 0.433. The van der Waals surface area contributed by atoms with Crippen LogP contribution >= 0.6 is 0 Å². The summed E-state index contributed by atoms with van der Waals surface area (Å²) in [7, 11) is 1.80. The van der Waals surface area contributed by atoms with Crippen molar-refractivity contribution < 1.29 is 4.74 Å². The highest BCUT2D eigenvalue weighted by Crippen LogP contribution is 2.39. The molecule has 3 nitrogen and oxygen atoms in total. The SMILES string of the molecule is CCc1cccc(CC)c1-c1ncc(CN2CCc3ccccc3C2CC(C)C)c(OC)c1C. The van der Waals surface area contributed by atoms with Crippen LogP contribution in [0.5, 0.6) is 5.75 Å². The van der Waals surface area contributed by atoms with Gasteiger partial charge in [0, 0.05) is 42.0 Å². The molecule has 1 aromatic heterocycles. The standard InChI is InChI=1S/C31H40N2O/c1-7-23-13-11-14-24(8-2)29(23)30-22(5)31(34-6)26(19-32-30)20-33-17-16-25-12-9-10-15-27(25)28(33)18-21(3)4/h9-15,19,21,28H,7-8,16-18,20H2,1-6H3. The second-order valence-corrected chi connectivity index (χ2v) is 10.0. The van der Waals surface area contributed by atoms with Crippen molar-refractivity contribution in [1.82, 2.24) is 9.88 Å². The van der Waals surface area contributed by atoms with E-state index in [1.807, 2.05) is 0 Å². The van der Waals surface area contributed by atoms with E-state index in [4.69, 9.17) is 9.72 Å². The van der Waals surface area contributed by atoms with Crippen LogP contribution in [-0.2, 0) is 25.8 Å². The minimum Gasteiger partial charge on any atom is -0.496 e. The molecule has 0 aliphatic carbocycles. The van der Waals surface area contributed by atoms with E-state index in [1.54, 1.807) is 7.11 Å². The van der Waals surface area contributed by atoms with Crippen molar-refractivity contribution in [3.05, 3.63) is 82.0 Å². The molecule has 3 aromatic rings. The van der Waals surface area contributed by atoms with E-state index in [0.717, 1.165) is 55.8 Å². The number of pyridine rings is 1. The topological polar surface area (TPSA) is 25.4 Å². The molecule has 1 unspecified atom stereocenters. The lowest BCUT2D eigenvalue weighted by Crippen LogP contribution is -2.36. The molecule has 0 N–H and O–H groups in total. The minimum atomic E-state index is 0.433. The predicted molar refractivity (Wildman–Crippen MR) is 142 cm³/mol. The number of methoxy groups -OCH3 is 1. The van der Waals surface area contributed by atoms with Gasteiger partial charge in [-0.1, -0.05) is 70.2 Å². The Morgan fingerprint density at radius 1 is 1.00 bits per heavy atom. The van der Waals surface area contributed by atoms with Crippen molar-refractivity contribution in [3.8, 4) is 17.0 Å². The van der Waals surface area contributed by atoms with Crippen molar-refractivity contribution in [1.29, 1.82) is 0 Å². The summed E-state index contributed by atoms with van der Waals surface area (Å²) in [6.07, 6.45) is 6.33. The predicted octanol–water partition coefficient (Wildman–Crippen LogP) is 7.34. The van der Waals surface area contributed by atoms with Gasteiger partial charge in [0.25, 0.3) is 0 Å². The van der Waals surface area contributed by atoms with Crippen molar-refractivity contribution in [2.24, 2.45) is 5.92 Å². The van der Waals surface area contributed by atoms with Gasteiger partial charge in [0.05, 0.1) is 12.8 Å². The van der Waals surface area contributed by atoms with Crippen LogP contribution in [-0.4, -0.2) is 23.5 Å². The number of aromatic nitrogens is 1. The highest BCUT2D eigenvalue weighted by molar-refractivity contribution is 5.73. The fourth-order valence-electron chi connectivity index (χ4n) is 5.68. The van der Waals surface area contributed by atoms with Gasteiger partial charge in [0.15, 0.2) is 0 Å². The van der Waals surface area contributed by atoms with Gasteiger partial charge in [0.1, 0.15) is 5.75 Å².